The summed E-state index contributed by atoms with van der Waals surface area (Å²) in [6.45, 7) is 6.39. The van der Waals surface area contributed by atoms with Crippen LogP contribution in [0, 0.1) is 12.3 Å². The topological polar surface area (TPSA) is 56.1 Å². The van der Waals surface area contributed by atoms with Gasteiger partial charge in [-0.2, -0.15) is 5.10 Å². The van der Waals surface area contributed by atoms with E-state index in [0.717, 1.165) is 46.1 Å². The first-order chi connectivity index (χ1) is 14.8. The maximum atomic E-state index is 13.3. The Balaban J connectivity index is 1.66. The van der Waals surface area contributed by atoms with E-state index in [1.807, 2.05) is 28.9 Å². The van der Waals surface area contributed by atoms with Crippen LogP contribution in [-0.2, 0) is 4.79 Å². The van der Waals surface area contributed by atoms with Crippen molar-refractivity contribution in [3.8, 4) is 17.0 Å². The van der Waals surface area contributed by atoms with Gasteiger partial charge in [0.05, 0.1) is 12.8 Å². The Morgan fingerprint density at radius 3 is 2.45 bits per heavy atom. The smallest absolute Gasteiger partial charge is 0.163 e. The second kappa shape index (κ2) is 7.12. The first-order valence-electron chi connectivity index (χ1n) is 10.7. The Bertz CT molecular complexity index is 1180. The van der Waals surface area contributed by atoms with E-state index < -0.39 is 0 Å². The molecule has 0 saturated carbocycles. The first kappa shape index (κ1) is 19.6. The van der Waals surface area contributed by atoms with Crippen LogP contribution < -0.4 is 10.1 Å². The van der Waals surface area contributed by atoms with Crippen molar-refractivity contribution in [1.29, 1.82) is 0 Å². The number of hydrogen-bond donors (Lipinski definition) is 1. The number of carbonyl (C=O) groups excluding carboxylic acids is 1. The number of fused-ring (bicyclic) bond motifs is 1. The van der Waals surface area contributed by atoms with Crippen LogP contribution in [0.25, 0.3) is 11.3 Å². The van der Waals surface area contributed by atoms with Gasteiger partial charge < -0.3 is 10.1 Å². The monoisotopic (exact) mass is 413 g/mol. The lowest BCUT2D eigenvalue weighted by atomic mass is 9.73. The Hall–Kier alpha value is -3.34. The van der Waals surface area contributed by atoms with E-state index in [0.29, 0.717) is 6.42 Å². The number of methoxy groups -OCH3 is 1. The number of aromatic nitrogens is 2. The van der Waals surface area contributed by atoms with Gasteiger partial charge in [-0.05, 0) is 36.5 Å². The molecular formula is C26H27N3O2. The van der Waals surface area contributed by atoms with E-state index in [9.17, 15) is 4.79 Å². The summed E-state index contributed by atoms with van der Waals surface area (Å²) in [5.41, 5.74) is 5.99. The normalized spacial score (nSPS) is 19.5. The van der Waals surface area contributed by atoms with Crippen LogP contribution in [0.15, 0.2) is 65.9 Å². The van der Waals surface area contributed by atoms with E-state index in [1.165, 1.54) is 5.56 Å². The van der Waals surface area contributed by atoms with Crippen LogP contribution in [0.3, 0.4) is 0 Å². The minimum absolute atomic E-state index is 0.0602. The average molecular weight is 414 g/mol. The second-order valence-electron chi connectivity index (χ2n) is 9.36. The summed E-state index contributed by atoms with van der Waals surface area (Å²) in [6.07, 6.45) is 1.38. The number of allylic oxidation sites excluding steroid dienone is 2. The van der Waals surface area contributed by atoms with Crippen LogP contribution in [0.4, 0.5) is 5.82 Å². The van der Waals surface area contributed by atoms with Gasteiger partial charge in [0.25, 0.3) is 0 Å². The van der Waals surface area contributed by atoms with Crippen molar-refractivity contribution in [2.24, 2.45) is 5.41 Å². The molecule has 1 aliphatic carbocycles. The number of anilines is 1. The molecule has 2 aromatic carbocycles. The van der Waals surface area contributed by atoms with Gasteiger partial charge in [0, 0.05) is 29.3 Å². The van der Waals surface area contributed by atoms with E-state index in [4.69, 9.17) is 9.84 Å². The molecule has 1 aliphatic heterocycles. The van der Waals surface area contributed by atoms with Gasteiger partial charge in [0.2, 0.25) is 0 Å². The van der Waals surface area contributed by atoms with Crippen molar-refractivity contribution < 1.29 is 9.53 Å². The lowest BCUT2D eigenvalue weighted by molar-refractivity contribution is -0.118. The fourth-order valence-electron chi connectivity index (χ4n) is 4.68. The molecule has 0 spiro atoms. The maximum Gasteiger partial charge on any atom is 0.163 e. The van der Waals surface area contributed by atoms with Crippen molar-refractivity contribution in [2.75, 3.05) is 12.4 Å². The molecule has 0 radical (unpaired) electrons. The number of ketones is 1. The molecule has 5 nitrogen and oxygen atoms in total. The molecule has 1 atom stereocenters. The van der Waals surface area contributed by atoms with Crippen LogP contribution in [0.1, 0.15) is 43.9 Å². The highest BCUT2D eigenvalue weighted by atomic mass is 16.5. The zero-order chi connectivity index (χ0) is 21.8. The van der Waals surface area contributed by atoms with Gasteiger partial charge in [-0.3, -0.25) is 4.79 Å². The standard InChI is InChI=1S/C26H27N3O2/c1-16-5-7-17(8-6-16)20-13-23-27-21-14-26(2,3)15-22(30)24(21)25(29(23)28-20)18-9-11-19(31-4)12-10-18/h5-13,25,27H,14-15H2,1-4H3/t25-/m0/s1. The number of hydrogen-bond acceptors (Lipinski definition) is 4. The van der Waals surface area contributed by atoms with Crippen LogP contribution in [-0.4, -0.2) is 22.7 Å². The summed E-state index contributed by atoms with van der Waals surface area (Å²) in [4.78, 5) is 13.3. The van der Waals surface area contributed by atoms with Crippen molar-refractivity contribution in [1.82, 2.24) is 9.78 Å². The van der Waals surface area contributed by atoms with Crippen molar-refractivity contribution in [3.63, 3.8) is 0 Å². The molecule has 5 heteroatoms. The quantitative estimate of drug-likeness (QED) is 0.614. The molecular weight excluding hydrogens is 386 g/mol. The summed E-state index contributed by atoms with van der Waals surface area (Å²) in [6, 6.07) is 18.2. The molecule has 0 unspecified atom stereocenters. The van der Waals surface area contributed by atoms with E-state index >= 15 is 0 Å². The van der Waals surface area contributed by atoms with E-state index in [2.05, 4.69) is 56.4 Å². The predicted molar refractivity (Wildman–Crippen MR) is 122 cm³/mol. The van der Waals surface area contributed by atoms with Crippen molar-refractivity contribution >= 4 is 11.6 Å². The van der Waals surface area contributed by atoms with Gasteiger partial charge in [0.15, 0.2) is 5.78 Å². The Morgan fingerprint density at radius 1 is 1.06 bits per heavy atom. The van der Waals surface area contributed by atoms with Gasteiger partial charge in [-0.1, -0.05) is 55.8 Å². The molecule has 0 fully saturated rings. The number of nitrogens with one attached hydrogen (secondary N) is 1. The zero-order valence-electron chi connectivity index (χ0n) is 18.4. The first-order valence-corrected chi connectivity index (χ1v) is 10.7. The number of rotatable bonds is 3. The van der Waals surface area contributed by atoms with Gasteiger partial charge in [-0.15, -0.1) is 0 Å². The fraction of sp³-hybridized carbons (Fsp3) is 0.308. The number of Topliss-reactive ketones (excluding diaryl/α,β-unsaturated/α-hetero) is 1. The van der Waals surface area contributed by atoms with E-state index in [-0.39, 0.29) is 17.2 Å². The average Bonchev–Trinajstić information content (AvgIpc) is 3.15. The molecule has 2 aliphatic rings. The summed E-state index contributed by atoms with van der Waals surface area (Å²) >= 11 is 0. The van der Waals surface area contributed by atoms with Crippen molar-refractivity contribution in [3.05, 3.63) is 77.0 Å². The summed E-state index contributed by atoms with van der Waals surface area (Å²) < 4.78 is 7.30. The third-order valence-electron chi connectivity index (χ3n) is 6.23. The van der Waals surface area contributed by atoms with Gasteiger partial charge in [0.1, 0.15) is 17.6 Å². The molecule has 0 bridgehead atoms. The summed E-state index contributed by atoms with van der Waals surface area (Å²) in [5.74, 6) is 1.90. The molecule has 5 rings (SSSR count). The SMILES string of the molecule is COc1ccc([C@H]2C3=C(CC(C)(C)CC3=O)Nc3cc(-c4ccc(C)cc4)nn32)cc1. The molecule has 1 N–H and O–H groups in total. The Kier molecular flexibility index (Phi) is 4.50. The third kappa shape index (κ3) is 3.44. The zero-order valence-corrected chi connectivity index (χ0v) is 18.4. The van der Waals surface area contributed by atoms with Crippen LogP contribution in [0.5, 0.6) is 5.75 Å². The van der Waals surface area contributed by atoms with Gasteiger partial charge in [-0.25, -0.2) is 4.68 Å². The lowest BCUT2D eigenvalue weighted by Crippen LogP contribution is -2.36. The minimum Gasteiger partial charge on any atom is -0.497 e. The maximum absolute atomic E-state index is 13.3. The molecule has 1 aromatic heterocycles. The predicted octanol–water partition coefficient (Wildman–Crippen LogP) is 5.53. The van der Waals surface area contributed by atoms with E-state index in [1.54, 1.807) is 7.11 Å². The van der Waals surface area contributed by atoms with Crippen molar-refractivity contribution in [2.45, 2.75) is 39.7 Å². The highest BCUT2D eigenvalue weighted by molar-refractivity contribution is 6.00. The molecule has 0 amide bonds. The molecule has 158 valence electrons. The number of ether oxygens (including phenoxy) is 1. The molecule has 0 saturated heterocycles. The number of carbonyl (C=O) groups is 1. The van der Waals surface area contributed by atoms with Crippen LogP contribution >= 0.6 is 0 Å². The number of aryl methyl sites for hydroxylation is 1. The highest BCUT2D eigenvalue weighted by Crippen LogP contribution is 2.46. The second-order valence-corrected chi connectivity index (χ2v) is 9.36. The fourth-order valence-corrected chi connectivity index (χ4v) is 4.68. The lowest BCUT2D eigenvalue weighted by Gasteiger charge is -2.38. The van der Waals surface area contributed by atoms with Crippen LogP contribution in [0.2, 0.25) is 0 Å². The number of nitrogens with zero attached hydrogens (tertiary/aromatic N) is 2. The number of benzene rings is 2. The molecule has 3 aromatic rings. The Labute approximate surface area is 182 Å². The van der Waals surface area contributed by atoms with Gasteiger partial charge >= 0.3 is 0 Å². The highest BCUT2D eigenvalue weighted by Gasteiger charge is 2.41. The summed E-state index contributed by atoms with van der Waals surface area (Å²) in [7, 11) is 1.66. The summed E-state index contributed by atoms with van der Waals surface area (Å²) in [5, 5.41) is 8.49. The third-order valence-corrected chi connectivity index (χ3v) is 6.23. The molecule has 31 heavy (non-hydrogen) atoms. The minimum atomic E-state index is -0.250. The Morgan fingerprint density at radius 2 is 1.77 bits per heavy atom. The molecule has 2 heterocycles. The largest absolute Gasteiger partial charge is 0.497 e.